The lowest BCUT2D eigenvalue weighted by Crippen LogP contribution is -2.29. The van der Waals surface area contributed by atoms with Gasteiger partial charge in [-0.15, -0.1) is 0 Å². The second kappa shape index (κ2) is 6.11. The number of halogens is 1. The number of carbonyl (C=O) groups excluding carboxylic acids is 2. The maximum atomic E-state index is 12.0. The summed E-state index contributed by atoms with van der Waals surface area (Å²) in [6.45, 7) is 2.34. The summed E-state index contributed by atoms with van der Waals surface area (Å²) in [5.41, 5.74) is 0.974. The zero-order chi connectivity index (χ0) is 14.7. The third kappa shape index (κ3) is 3.20. The van der Waals surface area contributed by atoms with Gasteiger partial charge in [-0.1, -0.05) is 18.5 Å². The molecule has 2 amide bonds. The summed E-state index contributed by atoms with van der Waals surface area (Å²) in [6.07, 6.45) is 0. The zero-order valence-corrected chi connectivity index (χ0v) is 12.0. The van der Waals surface area contributed by atoms with Gasteiger partial charge in [0.25, 0.3) is 5.91 Å². The molecule has 0 aromatic heterocycles. The van der Waals surface area contributed by atoms with Crippen molar-refractivity contribution < 1.29 is 14.3 Å². The standard InChI is InChI=1S/C13H16ClN3O3/c1-7(5-15-2)13(19)17-9-4-11-10(3-8(9)14)16-12(18)6-20-11/h3-4,7,15H,5-6H2,1-2H3,(H,16,18)(H,17,19). The number of rotatable bonds is 4. The molecule has 0 fully saturated rings. The Morgan fingerprint density at radius 2 is 2.30 bits per heavy atom. The van der Waals surface area contributed by atoms with Crippen LogP contribution in [0.25, 0.3) is 0 Å². The minimum absolute atomic E-state index is 0.0435. The van der Waals surface area contributed by atoms with Gasteiger partial charge in [0.05, 0.1) is 16.4 Å². The van der Waals surface area contributed by atoms with Crippen LogP contribution in [0.15, 0.2) is 12.1 Å². The Morgan fingerprint density at radius 3 is 3.00 bits per heavy atom. The highest BCUT2D eigenvalue weighted by Crippen LogP contribution is 2.36. The van der Waals surface area contributed by atoms with E-state index < -0.39 is 0 Å². The Kier molecular flexibility index (Phi) is 4.46. The lowest BCUT2D eigenvalue weighted by atomic mass is 10.1. The molecular formula is C13H16ClN3O3. The first-order valence-electron chi connectivity index (χ1n) is 6.23. The van der Waals surface area contributed by atoms with Crippen LogP contribution >= 0.6 is 11.6 Å². The van der Waals surface area contributed by atoms with Crippen molar-refractivity contribution in [3.8, 4) is 5.75 Å². The summed E-state index contributed by atoms with van der Waals surface area (Å²) in [5.74, 6) is -0.0627. The maximum Gasteiger partial charge on any atom is 0.262 e. The first kappa shape index (κ1) is 14.6. The average Bonchev–Trinajstić information content (AvgIpc) is 2.40. The normalized spacial score (nSPS) is 14.8. The van der Waals surface area contributed by atoms with Gasteiger partial charge in [0.2, 0.25) is 5.91 Å². The third-order valence-electron chi connectivity index (χ3n) is 2.92. The largest absolute Gasteiger partial charge is 0.482 e. The Bertz CT molecular complexity index is 548. The van der Waals surface area contributed by atoms with Crippen molar-refractivity contribution in [2.75, 3.05) is 30.8 Å². The molecule has 0 aliphatic carbocycles. The first-order chi connectivity index (χ1) is 9.51. The van der Waals surface area contributed by atoms with Crippen LogP contribution in [0.4, 0.5) is 11.4 Å². The molecule has 1 heterocycles. The molecule has 1 aliphatic rings. The van der Waals surface area contributed by atoms with Crippen molar-refractivity contribution in [3.05, 3.63) is 17.2 Å². The number of hydrogen-bond donors (Lipinski definition) is 3. The molecule has 1 aromatic carbocycles. The number of ether oxygens (including phenoxy) is 1. The van der Waals surface area contributed by atoms with E-state index in [1.165, 1.54) is 0 Å². The predicted molar refractivity (Wildman–Crippen MR) is 77.3 cm³/mol. The molecule has 1 aliphatic heterocycles. The van der Waals surface area contributed by atoms with Gasteiger partial charge in [0, 0.05) is 18.5 Å². The Labute approximate surface area is 121 Å². The van der Waals surface area contributed by atoms with Crippen LogP contribution in [0.5, 0.6) is 5.75 Å². The van der Waals surface area contributed by atoms with Gasteiger partial charge in [-0.25, -0.2) is 0 Å². The van der Waals surface area contributed by atoms with Crippen molar-refractivity contribution in [1.82, 2.24) is 5.32 Å². The molecule has 6 nitrogen and oxygen atoms in total. The Hall–Kier alpha value is -1.79. The molecule has 3 N–H and O–H groups in total. The first-order valence-corrected chi connectivity index (χ1v) is 6.60. The smallest absolute Gasteiger partial charge is 0.262 e. The van der Waals surface area contributed by atoms with Gasteiger partial charge < -0.3 is 20.7 Å². The number of amides is 2. The van der Waals surface area contributed by atoms with E-state index in [4.69, 9.17) is 16.3 Å². The molecule has 1 atom stereocenters. The average molecular weight is 298 g/mol. The highest BCUT2D eigenvalue weighted by atomic mass is 35.5. The zero-order valence-electron chi connectivity index (χ0n) is 11.2. The van der Waals surface area contributed by atoms with E-state index in [0.29, 0.717) is 28.7 Å². The van der Waals surface area contributed by atoms with Gasteiger partial charge >= 0.3 is 0 Å². The summed E-state index contributed by atoms with van der Waals surface area (Å²) in [5, 5.41) is 8.69. The minimum Gasteiger partial charge on any atom is -0.482 e. The van der Waals surface area contributed by atoms with Gasteiger partial charge in [-0.05, 0) is 13.1 Å². The molecule has 1 aromatic rings. The van der Waals surface area contributed by atoms with E-state index in [1.54, 1.807) is 19.2 Å². The maximum absolute atomic E-state index is 12.0. The van der Waals surface area contributed by atoms with Crippen molar-refractivity contribution in [2.24, 2.45) is 5.92 Å². The molecule has 0 saturated carbocycles. The van der Waals surface area contributed by atoms with Crippen LogP contribution in [-0.4, -0.2) is 32.0 Å². The molecule has 2 rings (SSSR count). The highest BCUT2D eigenvalue weighted by molar-refractivity contribution is 6.34. The van der Waals surface area contributed by atoms with Crippen molar-refractivity contribution in [1.29, 1.82) is 0 Å². The summed E-state index contributed by atoms with van der Waals surface area (Å²) < 4.78 is 5.29. The van der Waals surface area contributed by atoms with Gasteiger partial charge in [-0.2, -0.15) is 0 Å². The van der Waals surface area contributed by atoms with E-state index in [-0.39, 0.29) is 24.3 Å². The topological polar surface area (TPSA) is 79.5 Å². The molecule has 0 bridgehead atoms. The second-order valence-corrected chi connectivity index (χ2v) is 5.02. The van der Waals surface area contributed by atoms with Crippen molar-refractivity contribution in [3.63, 3.8) is 0 Å². The van der Waals surface area contributed by atoms with Gasteiger partial charge in [0.15, 0.2) is 6.61 Å². The SMILES string of the molecule is CNCC(C)C(=O)Nc1cc2c(cc1Cl)NC(=O)CO2. The monoisotopic (exact) mass is 297 g/mol. The van der Waals surface area contributed by atoms with Crippen LogP contribution in [0.2, 0.25) is 5.02 Å². The summed E-state index contributed by atoms with van der Waals surface area (Å²) >= 11 is 6.10. The highest BCUT2D eigenvalue weighted by Gasteiger charge is 2.20. The fraction of sp³-hybridized carbons (Fsp3) is 0.385. The van der Waals surface area contributed by atoms with Crippen LogP contribution in [-0.2, 0) is 9.59 Å². The molecule has 7 heteroatoms. The van der Waals surface area contributed by atoms with E-state index in [2.05, 4.69) is 16.0 Å². The van der Waals surface area contributed by atoms with E-state index in [9.17, 15) is 9.59 Å². The Balaban J connectivity index is 2.17. The third-order valence-corrected chi connectivity index (χ3v) is 3.23. The number of carbonyl (C=O) groups is 2. The number of anilines is 2. The van der Waals surface area contributed by atoms with E-state index in [1.807, 2.05) is 6.92 Å². The minimum atomic E-state index is -0.229. The lowest BCUT2D eigenvalue weighted by Gasteiger charge is -2.20. The molecule has 1 unspecified atom stereocenters. The molecular weight excluding hydrogens is 282 g/mol. The number of benzene rings is 1. The van der Waals surface area contributed by atoms with Crippen molar-refractivity contribution in [2.45, 2.75) is 6.92 Å². The quantitative estimate of drug-likeness (QED) is 0.786. The predicted octanol–water partition coefficient (Wildman–Crippen LogP) is 1.46. The molecule has 20 heavy (non-hydrogen) atoms. The van der Waals surface area contributed by atoms with Crippen LogP contribution in [0.3, 0.4) is 0 Å². The summed E-state index contributed by atoms with van der Waals surface area (Å²) in [7, 11) is 1.78. The second-order valence-electron chi connectivity index (χ2n) is 4.61. The molecule has 0 saturated heterocycles. The van der Waals surface area contributed by atoms with Crippen LogP contribution in [0, 0.1) is 5.92 Å². The molecule has 108 valence electrons. The van der Waals surface area contributed by atoms with E-state index in [0.717, 1.165) is 0 Å². The van der Waals surface area contributed by atoms with Crippen molar-refractivity contribution >= 4 is 34.8 Å². The van der Waals surface area contributed by atoms with Crippen LogP contribution in [0.1, 0.15) is 6.92 Å². The number of fused-ring (bicyclic) bond motifs is 1. The molecule has 0 radical (unpaired) electrons. The summed E-state index contributed by atoms with van der Waals surface area (Å²) in [4.78, 5) is 23.2. The fourth-order valence-electron chi connectivity index (χ4n) is 1.85. The number of nitrogens with one attached hydrogen (secondary N) is 3. The van der Waals surface area contributed by atoms with E-state index >= 15 is 0 Å². The molecule has 0 spiro atoms. The van der Waals surface area contributed by atoms with Gasteiger partial charge in [0.1, 0.15) is 5.75 Å². The lowest BCUT2D eigenvalue weighted by molar-refractivity contribution is -0.119. The Morgan fingerprint density at radius 1 is 1.55 bits per heavy atom. The van der Waals surface area contributed by atoms with Crippen LogP contribution < -0.4 is 20.7 Å². The van der Waals surface area contributed by atoms with Gasteiger partial charge in [-0.3, -0.25) is 9.59 Å². The summed E-state index contributed by atoms with van der Waals surface area (Å²) in [6, 6.07) is 3.17. The number of hydrogen-bond acceptors (Lipinski definition) is 4. The fourth-order valence-corrected chi connectivity index (χ4v) is 2.06.